The summed E-state index contributed by atoms with van der Waals surface area (Å²) >= 11 is 0. The number of aromatic nitrogens is 2. The molecule has 2 aromatic rings. The molecule has 0 saturated heterocycles. The largest absolute Gasteiger partial charge is 0.592 e. The Bertz CT molecular complexity index is 428. The highest BCUT2D eigenvalue weighted by Crippen LogP contribution is 2.09. The van der Waals surface area contributed by atoms with Crippen molar-refractivity contribution in [1.82, 2.24) is 5.27 Å². The third kappa shape index (κ3) is 2.98. The van der Waals surface area contributed by atoms with Crippen LogP contribution in [0, 0.1) is 5.21 Å². The summed E-state index contributed by atoms with van der Waals surface area (Å²) in [7, 11) is 0. The summed E-state index contributed by atoms with van der Waals surface area (Å²) in [5.74, 6) is 1.42. The molecule has 0 atom stereocenters. The molecule has 0 bridgehead atoms. The van der Waals surface area contributed by atoms with Crippen molar-refractivity contribution < 1.29 is 14.1 Å². The van der Waals surface area contributed by atoms with Gasteiger partial charge in [0, 0.05) is 6.42 Å². The van der Waals surface area contributed by atoms with Crippen LogP contribution in [0.2, 0.25) is 0 Å². The minimum atomic E-state index is 0.410. The number of benzene rings is 1. The number of nitrogens with zero attached hydrogens (tertiary/aromatic N) is 2. The van der Waals surface area contributed by atoms with Crippen LogP contribution < -0.4 is 9.58 Å². The van der Waals surface area contributed by atoms with Crippen molar-refractivity contribution in [2.75, 3.05) is 6.61 Å². The van der Waals surface area contributed by atoms with E-state index in [1.165, 1.54) is 6.20 Å². The van der Waals surface area contributed by atoms with Crippen molar-refractivity contribution in [2.45, 2.75) is 12.8 Å². The molecule has 1 aromatic heterocycles. The van der Waals surface area contributed by atoms with Gasteiger partial charge in [-0.2, -0.15) is 0 Å². The Hall–Kier alpha value is -2.04. The average molecular weight is 220 g/mol. The fourth-order valence-corrected chi connectivity index (χ4v) is 1.33. The van der Waals surface area contributed by atoms with Gasteiger partial charge < -0.3 is 14.5 Å². The molecule has 0 saturated carbocycles. The van der Waals surface area contributed by atoms with Gasteiger partial charge in [0.15, 0.2) is 0 Å². The first-order valence-corrected chi connectivity index (χ1v) is 5.07. The zero-order valence-corrected chi connectivity index (χ0v) is 8.70. The second-order valence-electron chi connectivity index (χ2n) is 3.34. The molecule has 0 amide bonds. The Morgan fingerprint density at radius 3 is 2.81 bits per heavy atom. The van der Waals surface area contributed by atoms with Crippen molar-refractivity contribution in [3.8, 4) is 5.75 Å². The van der Waals surface area contributed by atoms with Gasteiger partial charge in [0.25, 0.3) is 6.20 Å². The van der Waals surface area contributed by atoms with Gasteiger partial charge in [0.2, 0.25) is 11.0 Å². The highest BCUT2D eigenvalue weighted by molar-refractivity contribution is 5.20. The molecule has 0 spiro atoms. The lowest BCUT2D eigenvalue weighted by molar-refractivity contribution is -0.679. The number of hydrogen-bond donors (Lipinski definition) is 0. The van der Waals surface area contributed by atoms with E-state index in [4.69, 9.17) is 9.26 Å². The molecule has 1 aromatic carbocycles. The zero-order valence-electron chi connectivity index (χ0n) is 8.70. The quantitative estimate of drug-likeness (QED) is 0.433. The van der Waals surface area contributed by atoms with Crippen LogP contribution >= 0.6 is 0 Å². The van der Waals surface area contributed by atoms with Crippen LogP contribution in [0.3, 0.4) is 0 Å². The molecule has 5 nitrogen and oxygen atoms in total. The van der Waals surface area contributed by atoms with Gasteiger partial charge in [-0.25, -0.2) is 0 Å². The van der Waals surface area contributed by atoms with Crippen LogP contribution in [0.15, 0.2) is 41.1 Å². The summed E-state index contributed by atoms with van der Waals surface area (Å²) in [5.41, 5.74) is 0. The smallest absolute Gasteiger partial charge is 0.254 e. The van der Waals surface area contributed by atoms with Crippen LogP contribution in [0.4, 0.5) is 0 Å². The van der Waals surface area contributed by atoms with Gasteiger partial charge in [-0.05, 0) is 23.4 Å². The molecule has 16 heavy (non-hydrogen) atoms. The SMILES string of the molecule is [O-][n+]1cc(CCCOc2ccccc2)on1. The second kappa shape index (κ2) is 5.16. The Kier molecular flexibility index (Phi) is 3.38. The van der Waals surface area contributed by atoms with Gasteiger partial charge in [-0.3, -0.25) is 0 Å². The monoisotopic (exact) mass is 220 g/mol. The van der Waals surface area contributed by atoms with Gasteiger partial charge >= 0.3 is 0 Å². The Labute approximate surface area is 92.8 Å². The van der Waals surface area contributed by atoms with E-state index in [0.717, 1.165) is 12.2 Å². The van der Waals surface area contributed by atoms with E-state index < -0.39 is 0 Å². The second-order valence-corrected chi connectivity index (χ2v) is 3.34. The molecule has 5 heteroatoms. The van der Waals surface area contributed by atoms with E-state index in [0.29, 0.717) is 23.6 Å². The van der Waals surface area contributed by atoms with E-state index in [1.807, 2.05) is 30.3 Å². The van der Waals surface area contributed by atoms with Crippen molar-refractivity contribution in [3.63, 3.8) is 0 Å². The molecule has 1 heterocycles. The van der Waals surface area contributed by atoms with E-state index >= 15 is 0 Å². The maximum atomic E-state index is 10.6. The van der Waals surface area contributed by atoms with Gasteiger partial charge in [0.05, 0.1) is 6.61 Å². The van der Waals surface area contributed by atoms with Crippen LogP contribution in [-0.4, -0.2) is 11.9 Å². The Morgan fingerprint density at radius 1 is 1.31 bits per heavy atom. The molecular weight excluding hydrogens is 208 g/mol. The first-order chi connectivity index (χ1) is 7.84. The lowest BCUT2D eigenvalue weighted by atomic mass is 10.3. The molecule has 0 radical (unpaired) electrons. The fraction of sp³-hybridized carbons (Fsp3) is 0.273. The number of para-hydroxylation sites is 1. The maximum Gasteiger partial charge on any atom is 0.254 e. The Morgan fingerprint density at radius 2 is 2.12 bits per heavy atom. The minimum Gasteiger partial charge on any atom is -0.592 e. The van der Waals surface area contributed by atoms with E-state index in [2.05, 4.69) is 5.27 Å². The first-order valence-electron chi connectivity index (χ1n) is 5.07. The molecule has 0 aliphatic heterocycles. The predicted molar refractivity (Wildman–Crippen MR) is 55.7 cm³/mol. The van der Waals surface area contributed by atoms with Crippen molar-refractivity contribution in [3.05, 3.63) is 47.5 Å². The summed E-state index contributed by atoms with van der Waals surface area (Å²) < 4.78 is 10.2. The molecule has 0 aliphatic carbocycles. The summed E-state index contributed by atoms with van der Waals surface area (Å²) in [6.07, 6.45) is 2.75. The molecule has 0 N–H and O–H groups in total. The van der Waals surface area contributed by atoms with Crippen LogP contribution in [0.5, 0.6) is 5.75 Å². The maximum absolute atomic E-state index is 10.6. The summed E-state index contributed by atoms with van der Waals surface area (Å²) in [6, 6.07) is 9.59. The van der Waals surface area contributed by atoms with Crippen LogP contribution in [0.1, 0.15) is 12.2 Å². The summed E-state index contributed by atoms with van der Waals surface area (Å²) in [5, 5.41) is 13.8. The van der Waals surface area contributed by atoms with E-state index in [1.54, 1.807) is 0 Å². The average Bonchev–Trinajstić information content (AvgIpc) is 2.72. The van der Waals surface area contributed by atoms with Gasteiger partial charge in [-0.1, -0.05) is 18.2 Å². The van der Waals surface area contributed by atoms with Crippen LogP contribution in [0.25, 0.3) is 0 Å². The van der Waals surface area contributed by atoms with Crippen molar-refractivity contribution >= 4 is 0 Å². The molecule has 0 unspecified atom stereocenters. The lowest BCUT2D eigenvalue weighted by Gasteiger charge is -2.03. The number of ether oxygens (including phenoxy) is 1. The van der Waals surface area contributed by atoms with Gasteiger partial charge in [0.1, 0.15) is 5.75 Å². The first kappa shape index (κ1) is 10.5. The normalized spacial score (nSPS) is 10.2. The predicted octanol–water partition coefficient (Wildman–Crippen LogP) is 1.32. The lowest BCUT2D eigenvalue weighted by Crippen LogP contribution is -2.25. The van der Waals surface area contributed by atoms with Crippen molar-refractivity contribution in [2.24, 2.45) is 0 Å². The molecule has 2 rings (SSSR count). The molecular formula is C11H12N2O3. The third-order valence-corrected chi connectivity index (χ3v) is 2.07. The number of rotatable bonds is 5. The fourth-order valence-electron chi connectivity index (χ4n) is 1.33. The summed E-state index contributed by atoms with van der Waals surface area (Å²) in [6.45, 7) is 0.587. The Balaban J connectivity index is 1.69. The standard InChI is InChI=1S/C11H12N2O3/c14-13-9-11(16-12-13)7-4-8-15-10-5-2-1-3-6-10/h1-3,5-6,9H,4,7-8H2. The van der Waals surface area contributed by atoms with Crippen molar-refractivity contribution in [1.29, 1.82) is 0 Å². The van der Waals surface area contributed by atoms with E-state index in [-0.39, 0.29) is 0 Å². The summed E-state index contributed by atoms with van der Waals surface area (Å²) in [4.78, 5) is 0.410. The van der Waals surface area contributed by atoms with Gasteiger partial charge in [-0.15, -0.1) is 0 Å². The molecule has 84 valence electrons. The number of hydrogen-bond acceptors (Lipinski definition) is 4. The minimum absolute atomic E-state index is 0.410. The topological polar surface area (TPSA) is 62.2 Å². The highest BCUT2D eigenvalue weighted by atomic mass is 16.6. The van der Waals surface area contributed by atoms with E-state index in [9.17, 15) is 5.21 Å². The molecule has 0 aliphatic rings. The number of aryl methyl sites for hydroxylation is 1. The highest BCUT2D eigenvalue weighted by Gasteiger charge is 2.05. The van der Waals surface area contributed by atoms with Crippen LogP contribution in [-0.2, 0) is 6.42 Å². The third-order valence-electron chi connectivity index (χ3n) is 2.07. The zero-order chi connectivity index (χ0) is 11.2. The molecule has 0 fully saturated rings.